The van der Waals surface area contributed by atoms with Crippen molar-refractivity contribution in [3.63, 3.8) is 0 Å². The van der Waals surface area contributed by atoms with Crippen LogP contribution in [0.15, 0.2) is 4.52 Å². The molecule has 2 rings (SSSR count). The highest BCUT2D eigenvalue weighted by molar-refractivity contribution is 5.07. The average Bonchev–Trinajstić information content (AvgIpc) is 2.74. The maximum Gasteiger partial charge on any atom is 0.389 e. The lowest BCUT2D eigenvalue weighted by Crippen LogP contribution is -2.35. The number of nitrogens with two attached hydrogens (primary N) is 1. The van der Waals surface area contributed by atoms with Crippen LogP contribution in [0.3, 0.4) is 0 Å². The van der Waals surface area contributed by atoms with Crippen LogP contribution in [0.2, 0.25) is 0 Å². The van der Waals surface area contributed by atoms with Gasteiger partial charge in [-0.25, -0.2) is 0 Å². The summed E-state index contributed by atoms with van der Waals surface area (Å²) in [4.78, 5) is 4.16. The van der Waals surface area contributed by atoms with E-state index >= 15 is 0 Å². The Balaban J connectivity index is 2.09. The normalized spacial score (nSPS) is 19.8. The van der Waals surface area contributed by atoms with Gasteiger partial charge in [0.1, 0.15) is 0 Å². The molecule has 0 unspecified atom stereocenters. The monoisotopic (exact) mass is 291 g/mol. The number of aryl methyl sites for hydroxylation is 1. The van der Waals surface area contributed by atoms with E-state index in [0.29, 0.717) is 12.4 Å². The smallest absolute Gasteiger partial charge is 0.339 e. The third kappa shape index (κ3) is 3.71. The van der Waals surface area contributed by atoms with E-state index in [4.69, 9.17) is 10.3 Å². The Hall–Kier alpha value is -1.11. The molecule has 0 radical (unpaired) electrons. The van der Waals surface area contributed by atoms with E-state index in [1.807, 2.05) is 0 Å². The summed E-state index contributed by atoms with van der Waals surface area (Å²) in [6, 6.07) is 0. The van der Waals surface area contributed by atoms with Gasteiger partial charge in [-0.05, 0) is 12.8 Å². The first-order chi connectivity index (χ1) is 9.45. The van der Waals surface area contributed by atoms with Crippen molar-refractivity contribution in [1.82, 2.24) is 10.1 Å². The second kappa shape index (κ2) is 6.11. The predicted octanol–water partition coefficient (Wildman–Crippen LogP) is 3.12. The quantitative estimate of drug-likeness (QED) is 0.866. The minimum absolute atomic E-state index is 0.120. The van der Waals surface area contributed by atoms with Crippen LogP contribution < -0.4 is 5.73 Å². The molecule has 1 aromatic rings. The van der Waals surface area contributed by atoms with E-state index in [1.54, 1.807) is 0 Å². The molecule has 114 valence electrons. The van der Waals surface area contributed by atoms with Gasteiger partial charge in [-0.2, -0.15) is 18.2 Å². The van der Waals surface area contributed by atoms with Crippen molar-refractivity contribution < 1.29 is 17.7 Å². The maximum absolute atomic E-state index is 12.2. The standard InChI is InChI=1S/C13H20F3N3O/c14-13(15,16)8-5-10-18-11(20-19-10)12(9-17)6-3-1-2-4-7-12/h1-9,17H2. The summed E-state index contributed by atoms with van der Waals surface area (Å²) in [6.07, 6.45) is 0.737. The molecule has 20 heavy (non-hydrogen) atoms. The molecule has 0 saturated heterocycles. The summed E-state index contributed by atoms with van der Waals surface area (Å²) in [5.74, 6) is 0.536. The molecule has 1 fully saturated rings. The highest BCUT2D eigenvalue weighted by Gasteiger charge is 2.37. The fraction of sp³-hybridized carbons (Fsp3) is 0.846. The fourth-order valence-corrected chi connectivity index (χ4v) is 2.74. The van der Waals surface area contributed by atoms with E-state index in [-0.39, 0.29) is 17.7 Å². The first kappa shape index (κ1) is 15.3. The number of hydrogen-bond acceptors (Lipinski definition) is 4. The molecule has 0 aromatic carbocycles. The molecule has 1 aliphatic rings. The van der Waals surface area contributed by atoms with Crippen molar-refractivity contribution in [2.24, 2.45) is 5.73 Å². The van der Waals surface area contributed by atoms with Gasteiger partial charge in [0.2, 0.25) is 5.89 Å². The van der Waals surface area contributed by atoms with Crippen LogP contribution in [0.5, 0.6) is 0 Å². The fourth-order valence-electron chi connectivity index (χ4n) is 2.74. The lowest BCUT2D eigenvalue weighted by atomic mass is 9.80. The zero-order valence-corrected chi connectivity index (χ0v) is 11.4. The number of aromatic nitrogens is 2. The van der Waals surface area contributed by atoms with E-state index in [2.05, 4.69) is 10.1 Å². The first-order valence-corrected chi connectivity index (χ1v) is 7.05. The van der Waals surface area contributed by atoms with E-state index in [0.717, 1.165) is 38.5 Å². The number of nitrogens with zero attached hydrogens (tertiary/aromatic N) is 2. The topological polar surface area (TPSA) is 64.9 Å². The Labute approximate surface area is 115 Å². The third-order valence-corrected chi connectivity index (χ3v) is 4.01. The highest BCUT2D eigenvalue weighted by atomic mass is 19.4. The molecule has 0 spiro atoms. The summed E-state index contributed by atoms with van der Waals surface area (Å²) in [5, 5.41) is 3.68. The molecular weight excluding hydrogens is 271 g/mol. The molecule has 0 aliphatic heterocycles. The third-order valence-electron chi connectivity index (χ3n) is 4.01. The number of halogens is 3. The number of hydrogen-bond donors (Lipinski definition) is 1. The van der Waals surface area contributed by atoms with Gasteiger partial charge in [-0.15, -0.1) is 0 Å². The predicted molar refractivity (Wildman–Crippen MR) is 67.1 cm³/mol. The van der Waals surface area contributed by atoms with E-state index in [1.165, 1.54) is 0 Å². The van der Waals surface area contributed by atoms with Crippen LogP contribution in [0.4, 0.5) is 13.2 Å². The van der Waals surface area contributed by atoms with E-state index < -0.39 is 12.6 Å². The van der Waals surface area contributed by atoms with Crippen LogP contribution in [0.1, 0.15) is 56.7 Å². The molecule has 1 aliphatic carbocycles. The first-order valence-electron chi connectivity index (χ1n) is 7.05. The number of alkyl halides is 3. The zero-order chi connectivity index (χ0) is 14.6. The van der Waals surface area contributed by atoms with Gasteiger partial charge in [0, 0.05) is 13.0 Å². The maximum atomic E-state index is 12.2. The summed E-state index contributed by atoms with van der Waals surface area (Å²) >= 11 is 0. The lowest BCUT2D eigenvalue weighted by Gasteiger charge is -2.26. The summed E-state index contributed by atoms with van der Waals surface area (Å²) in [6.45, 7) is 0.397. The van der Waals surface area contributed by atoms with Crippen molar-refractivity contribution in [2.75, 3.05) is 6.54 Å². The van der Waals surface area contributed by atoms with Crippen molar-refractivity contribution in [1.29, 1.82) is 0 Å². The van der Waals surface area contributed by atoms with Crippen LogP contribution in [-0.2, 0) is 11.8 Å². The van der Waals surface area contributed by atoms with Crippen LogP contribution in [0.25, 0.3) is 0 Å². The van der Waals surface area contributed by atoms with E-state index in [9.17, 15) is 13.2 Å². The molecule has 2 N–H and O–H groups in total. The Morgan fingerprint density at radius 1 is 1.15 bits per heavy atom. The minimum atomic E-state index is -4.20. The Kier molecular flexibility index (Phi) is 4.67. The second-order valence-corrected chi connectivity index (χ2v) is 5.53. The van der Waals surface area contributed by atoms with Crippen molar-refractivity contribution in [3.8, 4) is 0 Å². The molecule has 1 saturated carbocycles. The van der Waals surface area contributed by atoms with Crippen molar-refractivity contribution in [2.45, 2.75) is 63.0 Å². The SMILES string of the molecule is NCC1(c2nc(CCC(F)(F)F)no2)CCCCCC1. The molecule has 4 nitrogen and oxygen atoms in total. The zero-order valence-electron chi connectivity index (χ0n) is 11.4. The molecule has 1 heterocycles. The van der Waals surface area contributed by atoms with Gasteiger partial charge >= 0.3 is 6.18 Å². The van der Waals surface area contributed by atoms with Gasteiger partial charge in [-0.1, -0.05) is 30.8 Å². The summed E-state index contributed by atoms with van der Waals surface area (Å²) < 4.78 is 41.8. The van der Waals surface area contributed by atoms with Gasteiger partial charge in [-0.3, -0.25) is 0 Å². The number of rotatable bonds is 4. The van der Waals surface area contributed by atoms with Gasteiger partial charge in [0.15, 0.2) is 5.82 Å². The molecule has 0 amide bonds. The second-order valence-electron chi connectivity index (χ2n) is 5.53. The minimum Gasteiger partial charge on any atom is -0.339 e. The summed E-state index contributed by atoms with van der Waals surface area (Å²) in [7, 11) is 0. The Bertz CT molecular complexity index is 423. The van der Waals surface area contributed by atoms with Crippen LogP contribution in [-0.4, -0.2) is 22.9 Å². The molecule has 0 bridgehead atoms. The molecule has 1 aromatic heterocycles. The molecular formula is C13H20F3N3O. The Morgan fingerprint density at radius 2 is 1.80 bits per heavy atom. The molecule has 0 atom stereocenters. The van der Waals surface area contributed by atoms with Gasteiger partial charge < -0.3 is 10.3 Å². The average molecular weight is 291 g/mol. The largest absolute Gasteiger partial charge is 0.389 e. The van der Waals surface area contributed by atoms with Gasteiger partial charge in [0.25, 0.3) is 0 Å². The molecule has 7 heteroatoms. The summed E-state index contributed by atoms with van der Waals surface area (Å²) in [5.41, 5.74) is 5.54. The lowest BCUT2D eigenvalue weighted by molar-refractivity contribution is -0.134. The van der Waals surface area contributed by atoms with Gasteiger partial charge in [0.05, 0.1) is 11.8 Å². The van der Waals surface area contributed by atoms with Crippen LogP contribution >= 0.6 is 0 Å². The Morgan fingerprint density at radius 3 is 2.35 bits per heavy atom. The van der Waals surface area contributed by atoms with Crippen molar-refractivity contribution >= 4 is 0 Å². The van der Waals surface area contributed by atoms with Crippen molar-refractivity contribution in [3.05, 3.63) is 11.7 Å². The van der Waals surface area contributed by atoms with Crippen LogP contribution in [0, 0.1) is 0 Å². The highest BCUT2D eigenvalue weighted by Crippen LogP contribution is 2.36.